The molecule has 1 aliphatic heterocycles. The molecular weight excluding hydrogens is 344 g/mol. The van der Waals surface area contributed by atoms with Crippen molar-refractivity contribution in [1.82, 2.24) is 0 Å². The zero-order chi connectivity index (χ0) is 19.9. The minimum atomic E-state index is -2.17. The van der Waals surface area contributed by atoms with E-state index in [0.717, 1.165) is 0 Å². The fourth-order valence-electron chi connectivity index (χ4n) is 2.63. The summed E-state index contributed by atoms with van der Waals surface area (Å²) in [6.45, 7) is 5.56. The molecule has 1 fully saturated rings. The van der Waals surface area contributed by atoms with Gasteiger partial charge in [0.05, 0.1) is 11.2 Å². The van der Waals surface area contributed by atoms with Crippen molar-refractivity contribution in [3.05, 3.63) is 30.1 Å². The monoisotopic (exact) mass is 367 g/mol. The number of halogens is 1. The van der Waals surface area contributed by atoms with Crippen LogP contribution in [0, 0.1) is 5.82 Å². The number of rotatable bonds is 1. The zero-order valence-electron chi connectivity index (χ0n) is 15.0. The average Bonchev–Trinajstić information content (AvgIpc) is 2.70. The molecule has 0 saturated carbocycles. The molecule has 7 nitrogen and oxygen atoms in total. The lowest BCUT2D eigenvalue weighted by Crippen LogP contribution is -2.41. The molecule has 0 aliphatic carbocycles. The highest BCUT2D eigenvalue weighted by atomic mass is 19.1. The second kappa shape index (κ2) is 7.01. The fourth-order valence-corrected chi connectivity index (χ4v) is 2.63. The van der Waals surface area contributed by atoms with Gasteiger partial charge in [0.2, 0.25) is 0 Å². The first-order valence-electron chi connectivity index (χ1n) is 7.96. The van der Waals surface area contributed by atoms with Crippen LogP contribution in [0.2, 0.25) is 0 Å². The molecule has 0 amide bonds. The number of phenols is 1. The summed E-state index contributed by atoms with van der Waals surface area (Å²) in [7, 11) is -0.719. The van der Waals surface area contributed by atoms with Gasteiger partial charge in [0.15, 0.2) is 11.6 Å². The van der Waals surface area contributed by atoms with Crippen LogP contribution in [0.15, 0.2) is 24.3 Å². The molecule has 142 valence electrons. The van der Waals surface area contributed by atoms with Gasteiger partial charge in [0, 0.05) is 11.1 Å². The van der Waals surface area contributed by atoms with Gasteiger partial charge in [-0.2, -0.15) is 0 Å². The molecule has 0 radical (unpaired) electrons. The first-order chi connectivity index (χ1) is 11.9. The Morgan fingerprint density at radius 2 is 1.54 bits per heavy atom. The molecule has 0 spiro atoms. The van der Waals surface area contributed by atoms with Crippen molar-refractivity contribution in [1.29, 1.82) is 0 Å². The van der Waals surface area contributed by atoms with Gasteiger partial charge in [-0.1, -0.05) is 6.07 Å². The SMILES string of the molecule is CC1(C)OB(c2cc(N)cc3ccc(F)c(O)c23)OC1(C)C.OC(O)O. The van der Waals surface area contributed by atoms with Crippen molar-refractivity contribution in [2.24, 2.45) is 0 Å². The van der Waals surface area contributed by atoms with Crippen molar-refractivity contribution < 1.29 is 34.1 Å². The third kappa shape index (κ3) is 3.92. The number of aromatic hydroxyl groups is 1. The predicted octanol–water partition coefficient (Wildman–Crippen LogP) is 0.813. The van der Waals surface area contributed by atoms with Crippen molar-refractivity contribution in [3.8, 4) is 5.75 Å². The molecule has 6 N–H and O–H groups in total. The van der Waals surface area contributed by atoms with E-state index in [1.54, 1.807) is 18.2 Å². The lowest BCUT2D eigenvalue weighted by molar-refractivity contribution is -0.198. The summed E-state index contributed by atoms with van der Waals surface area (Å²) >= 11 is 0. The van der Waals surface area contributed by atoms with E-state index in [9.17, 15) is 9.50 Å². The first-order valence-corrected chi connectivity index (χ1v) is 7.96. The number of nitrogen functional groups attached to an aromatic ring is 1. The summed E-state index contributed by atoms with van der Waals surface area (Å²) in [5.41, 5.74) is 5.90. The Kier molecular flexibility index (Phi) is 5.50. The van der Waals surface area contributed by atoms with Gasteiger partial charge in [-0.25, -0.2) is 4.39 Å². The van der Waals surface area contributed by atoms with Crippen LogP contribution in [0.5, 0.6) is 5.75 Å². The van der Waals surface area contributed by atoms with E-state index < -0.39 is 36.4 Å². The maximum Gasteiger partial charge on any atom is 0.495 e. The number of phenolic OH excluding ortho intramolecular Hbond substituents is 1. The van der Waals surface area contributed by atoms with Gasteiger partial charge in [0.25, 0.3) is 6.48 Å². The van der Waals surface area contributed by atoms with Crippen LogP contribution in [0.1, 0.15) is 27.7 Å². The molecule has 9 heteroatoms. The molecule has 3 rings (SSSR count). The maximum absolute atomic E-state index is 13.8. The number of nitrogens with two attached hydrogens (primary N) is 1. The van der Waals surface area contributed by atoms with Gasteiger partial charge in [0.1, 0.15) is 0 Å². The van der Waals surface area contributed by atoms with E-state index >= 15 is 0 Å². The second-order valence-corrected chi connectivity index (χ2v) is 7.04. The fraction of sp³-hybridized carbons (Fsp3) is 0.412. The summed E-state index contributed by atoms with van der Waals surface area (Å²) in [4.78, 5) is 0. The third-order valence-corrected chi connectivity index (χ3v) is 4.60. The van der Waals surface area contributed by atoms with Crippen LogP contribution >= 0.6 is 0 Å². The number of aliphatic hydroxyl groups excluding tert-OH is 1. The predicted molar refractivity (Wildman–Crippen MR) is 96.1 cm³/mol. The third-order valence-electron chi connectivity index (χ3n) is 4.60. The summed E-state index contributed by atoms with van der Waals surface area (Å²) in [6, 6.07) is 6.13. The van der Waals surface area contributed by atoms with Gasteiger partial charge >= 0.3 is 7.12 Å². The molecule has 0 bridgehead atoms. The van der Waals surface area contributed by atoms with Crippen molar-refractivity contribution in [2.75, 3.05) is 5.73 Å². The van der Waals surface area contributed by atoms with E-state index in [1.807, 2.05) is 27.7 Å². The molecule has 1 heterocycles. The quantitative estimate of drug-likeness (QED) is 0.287. The standard InChI is InChI=1S/C16H19BFNO3.CH4O3/c1-15(2)16(3,4)22-17(21-15)11-8-10(19)7-9-5-6-12(18)14(20)13(9)11;2-1(3)4/h5-8,20H,19H2,1-4H3;1-4H. The van der Waals surface area contributed by atoms with Crippen molar-refractivity contribution in [2.45, 2.75) is 45.4 Å². The molecule has 2 aromatic rings. The van der Waals surface area contributed by atoms with E-state index in [0.29, 0.717) is 21.9 Å². The van der Waals surface area contributed by atoms with E-state index in [1.165, 1.54) is 6.07 Å². The summed E-state index contributed by atoms with van der Waals surface area (Å²) in [5.74, 6) is -1.10. The molecule has 0 atom stereocenters. The average molecular weight is 367 g/mol. The van der Waals surface area contributed by atoms with Crippen LogP contribution in [0.4, 0.5) is 10.1 Å². The normalized spacial score (nSPS) is 18.1. The highest BCUT2D eigenvalue weighted by molar-refractivity contribution is 6.65. The Labute approximate surface area is 150 Å². The first kappa shape index (κ1) is 20.4. The molecule has 0 aromatic heterocycles. The lowest BCUT2D eigenvalue weighted by Gasteiger charge is -2.32. The van der Waals surface area contributed by atoms with Crippen LogP contribution in [0.25, 0.3) is 10.8 Å². The van der Waals surface area contributed by atoms with Crippen LogP contribution in [-0.2, 0) is 9.31 Å². The van der Waals surface area contributed by atoms with E-state index in [2.05, 4.69) is 0 Å². The number of aliphatic hydroxyl groups is 3. The lowest BCUT2D eigenvalue weighted by atomic mass is 9.75. The number of hydrogen-bond acceptors (Lipinski definition) is 7. The molecule has 26 heavy (non-hydrogen) atoms. The Bertz CT molecular complexity index is 793. The molecule has 1 aliphatic rings. The Hall–Kier alpha value is -1.91. The maximum atomic E-state index is 13.8. The Morgan fingerprint density at radius 3 is 2.04 bits per heavy atom. The number of hydrogen-bond donors (Lipinski definition) is 5. The van der Waals surface area contributed by atoms with Crippen LogP contribution in [-0.4, -0.2) is 45.2 Å². The molecular formula is C17H23BFNO6. The Balaban J connectivity index is 0.000000552. The van der Waals surface area contributed by atoms with Gasteiger partial charge in [-0.3, -0.25) is 0 Å². The summed E-state index contributed by atoms with van der Waals surface area (Å²) < 4.78 is 25.8. The smallest absolute Gasteiger partial charge is 0.495 e. The highest BCUT2D eigenvalue weighted by Gasteiger charge is 2.52. The number of anilines is 1. The number of benzene rings is 2. The summed E-state index contributed by atoms with van der Waals surface area (Å²) in [5, 5.41) is 32.6. The minimum Gasteiger partial charge on any atom is -0.504 e. The zero-order valence-corrected chi connectivity index (χ0v) is 15.0. The highest BCUT2D eigenvalue weighted by Crippen LogP contribution is 2.38. The molecule has 1 saturated heterocycles. The number of fused-ring (bicyclic) bond motifs is 1. The van der Waals surface area contributed by atoms with E-state index in [-0.39, 0.29) is 0 Å². The second-order valence-electron chi connectivity index (χ2n) is 7.04. The van der Waals surface area contributed by atoms with Crippen molar-refractivity contribution >= 4 is 29.0 Å². The minimum absolute atomic E-state index is 0.368. The van der Waals surface area contributed by atoms with E-state index in [4.69, 9.17) is 30.4 Å². The van der Waals surface area contributed by atoms with Gasteiger partial charge in [-0.05, 0) is 56.7 Å². The molecule has 2 aromatic carbocycles. The van der Waals surface area contributed by atoms with Crippen LogP contribution in [0.3, 0.4) is 0 Å². The largest absolute Gasteiger partial charge is 0.504 e. The van der Waals surface area contributed by atoms with Crippen molar-refractivity contribution in [3.63, 3.8) is 0 Å². The Morgan fingerprint density at radius 1 is 1.04 bits per heavy atom. The van der Waals surface area contributed by atoms with Crippen LogP contribution < -0.4 is 11.2 Å². The topological polar surface area (TPSA) is 125 Å². The summed E-state index contributed by atoms with van der Waals surface area (Å²) in [6.07, 6.45) is 0. The van der Waals surface area contributed by atoms with Gasteiger partial charge < -0.3 is 35.5 Å². The molecule has 0 unspecified atom stereocenters. The van der Waals surface area contributed by atoms with Gasteiger partial charge in [-0.15, -0.1) is 0 Å².